The number of hydrogen-bond acceptors (Lipinski definition) is 1. The maximum atomic E-state index is 13.1. The molecule has 1 rings (SSSR count). The second-order valence-corrected chi connectivity index (χ2v) is 5.06. The Morgan fingerprint density at radius 2 is 2.00 bits per heavy atom. The van der Waals surface area contributed by atoms with E-state index in [0.29, 0.717) is 4.47 Å². The van der Waals surface area contributed by atoms with Gasteiger partial charge in [0.1, 0.15) is 0 Å². The topological polar surface area (TPSA) is 12.9 Å². The highest BCUT2D eigenvalue weighted by atomic mass is 79.9. The van der Waals surface area contributed by atoms with Crippen LogP contribution in [0.5, 0.6) is 0 Å². The number of hydrogen-bond donors (Lipinski definition) is 0. The first-order chi connectivity index (χ1) is 5.82. The molecule has 72 valence electrons. The summed E-state index contributed by atoms with van der Waals surface area (Å²) >= 11 is 8.70. The van der Waals surface area contributed by atoms with Gasteiger partial charge in [0.25, 0.3) is 0 Å². The lowest BCUT2D eigenvalue weighted by atomic mass is 9.92. The molecule has 1 heterocycles. The maximum absolute atomic E-state index is 13.1. The van der Waals surface area contributed by atoms with Crippen LogP contribution in [0.3, 0.4) is 0 Å². The van der Waals surface area contributed by atoms with Crippen molar-refractivity contribution in [1.29, 1.82) is 0 Å². The summed E-state index contributed by atoms with van der Waals surface area (Å²) in [7, 11) is 0. The monoisotopic (exact) mass is 265 g/mol. The lowest BCUT2D eigenvalue weighted by Crippen LogP contribution is -2.14. The minimum Gasteiger partial charge on any atom is -0.237 e. The summed E-state index contributed by atoms with van der Waals surface area (Å²) in [5, 5.41) is -0.0840. The van der Waals surface area contributed by atoms with E-state index in [4.69, 9.17) is 11.6 Å². The molecule has 0 aromatic carbocycles. The van der Waals surface area contributed by atoms with Gasteiger partial charge < -0.3 is 0 Å². The summed E-state index contributed by atoms with van der Waals surface area (Å²) in [4.78, 5) is 3.97. The van der Waals surface area contributed by atoms with Crippen molar-refractivity contribution in [2.75, 3.05) is 0 Å². The first-order valence-electron chi connectivity index (χ1n) is 3.84. The highest BCUT2D eigenvalue weighted by Gasteiger charge is 2.19. The van der Waals surface area contributed by atoms with Gasteiger partial charge in [0, 0.05) is 11.1 Å². The Morgan fingerprint density at radius 1 is 1.46 bits per heavy atom. The van der Waals surface area contributed by atoms with Crippen LogP contribution in [-0.2, 0) is 5.41 Å². The molecule has 4 heteroatoms. The molecule has 0 fully saturated rings. The summed E-state index contributed by atoms with van der Waals surface area (Å²) in [6.45, 7) is 5.99. The van der Waals surface area contributed by atoms with Gasteiger partial charge in [-0.1, -0.05) is 32.4 Å². The van der Waals surface area contributed by atoms with Gasteiger partial charge in [0.05, 0.1) is 4.47 Å². The highest BCUT2D eigenvalue weighted by molar-refractivity contribution is 9.10. The van der Waals surface area contributed by atoms with Crippen molar-refractivity contribution < 1.29 is 4.39 Å². The van der Waals surface area contributed by atoms with Gasteiger partial charge in [-0.2, -0.15) is 0 Å². The fourth-order valence-electron chi connectivity index (χ4n) is 0.853. The lowest BCUT2D eigenvalue weighted by molar-refractivity contribution is 0.555. The van der Waals surface area contributed by atoms with E-state index in [1.165, 1.54) is 0 Å². The van der Waals surface area contributed by atoms with Crippen molar-refractivity contribution in [1.82, 2.24) is 4.98 Å². The van der Waals surface area contributed by atoms with E-state index >= 15 is 0 Å². The van der Waals surface area contributed by atoms with Gasteiger partial charge in [-0.15, -0.1) is 0 Å². The average Bonchev–Trinajstić information content (AvgIpc) is 1.97. The largest absolute Gasteiger partial charge is 0.237 e. The zero-order chi connectivity index (χ0) is 10.2. The van der Waals surface area contributed by atoms with Crippen LogP contribution in [-0.4, -0.2) is 4.98 Å². The Labute approximate surface area is 90.4 Å². The van der Waals surface area contributed by atoms with Crippen molar-refractivity contribution in [2.24, 2.45) is 0 Å². The van der Waals surface area contributed by atoms with Crippen LogP contribution in [0, 0.1) is 5.82 Å². The van der Waals surface area contributed by atoms with Gasteiger partial charge in [-0.25, -0.2) is 9.37 Å². The molecule has 0 aliphatic rings. The number of aromatic nitrogens is 1. The summed E-state index contributed by atoms with van der Waals surface area (Å²) in [5.41, 5.74) is 0.644. The Balaban J connectivity index is 3.29. The van der Waals surface area contributed by atoms with Crippen molar-refractivity contribution in [3.05, 3.63) is 27.2 Å². The molecule has 0 radical (unpaired) electrons. The quantitative estimate of drug-likeness (QED) is 0.648. The molecule has 0 amide bonds. The van der Waals surface area contributed by atoms with Crippen LogP contribution in [0.1, 0.15) is 26.5 Å². The maximum Gasteiger partial charge on any atom is 0.174 e. The Kier molecular flexibility index (Phi) is 2.98. The van der Waals surface area contributed by atoms with Crippen LogP contribution in [0.4, 0.5) is 4.39 Å². The van der Waals surface area contributed by atoms with E-state index in [1.807, 2.05) is 20.8 Å². The fraction of sp³-hybridized carbons (Fsp3) is 0.444. The smallest absolute Gasteiger partial charge is 0.174 e. The highest BCUT2D eigenvalue weighted by Crippen LogP contribution is 2.28. The van der Waals surface area contributed by atoms with Crippen molar-refractivity contribution in [2.45, 2.75) is 26.2 Å². The second-order valence-electron chi connectivity index (χ2n) is 3.84. The van der Waals surface area contributed by atoms with E-state index in [0.717, 1.165) is 5.69 Å². The molecule has 0 saturated carbocycles. The first-order valence-corrected chi connectivity index (χ1v) is 5.01. The summed E-state index contributed by atoms with van der Waals surface area (Å²) in [6, 6.07) is 1.65. The number of halogens is 3. The third-order valence-electron chi connectivity index (χ3n) is 1.64. The van der Waals surface area contributed by atoms with Gasteiger partial charge in [0.2, 0.25) is 0 Å². The van der Waals surface area contributed by atoms with E-state index in [-0.39, 0.29) is 10.6 Å². The van der Waals surface area contributed by atoms with Crippen LogP contribution in [0.15, 0.2) is 10.5 Å². The summed E-state index contributed by atoms with van der Waals surface area (Å²) < 4.78 is 13.4. The molecule has 0 saturated heterocycles. The predicted molar refractivity (Wildman–Crippen MR) is 55.6 cm³/mol. The second kappa shape index (κ2) is 3.54. The molecule has 0 N–H and O–H groups in total. The van der Waals surface area contributed by atoms with Crippen molar-refractivity contribution in [3.8, 4) is 0 Å². The van der Waals surface area contributed by atoms with E-state index in [9.17, 15) is 4.39 Å². The van der Waals surface area contributed by atoms with Gasteiger partial charge in [-0.3, -0.25) is 0 Å². The molecule has 0 aliphatic heterocycles. The number of rotatable bonds is 0. The molecule has 0 bridgehead atoms. The van der Waals surface area contributed by atoms with Crippen molar-refractivity contribution >= 4 is 27.5 Å². The Morgan fingerprint density at radius 3 is 2.38 bits per heavy atom. The molecule has 0 aliphatic carbocycles. The third-order valence-corrected chi connectivity index (χ3v) is 2.47. The zero-order valence-electron chi connectivity index (χ0n) is 7.66. The average molecular weight is 267 g/mol. The Hall–Kier alpha value is -0.150. The zero-order valence-corrected chi connectivity index (χ0v) is 10.0. The standard InChI is InChI=1S/C9H10BrClFN/c1-9(2,3)6-4-5(10)7(12)8(11)13-6/h4H,1-3H3. The molecule has 0 spiro atoms. The van der Waals surface area contributed by atoms with Gasteiger partial charge in [0.15, 0.2) is 11.0 Å². The molecule has 1 aromatic heterocycles. The molecular weight excluding hydrogens is 256 g/mol. The molecule has 0 unspecified atom stereocenters. The predicted octanol–water partition coefficient (Wildman–Crippen LogP) is 3.93. The van der Waals surface area contributed by atoms with E-state index in [1.54, 1.807) is 6.07 Å². The van der Waals surface area contributed by atoms with Crippen LogP contribution in [0.2, 0.25) is 5.15 Å². The van der Waals surface area contributed by atoms with E-state index < -0.39 is 5.82 Å². The Bertz CT molecular complexity index is 310. The first kappa shape index (κ1) is 10.9. The minimum atomic E-state index is -0.505. The van der Waals surface area contributed by atoms with E-state index in [2.05, 4.69) is 20.9 Å². The molecular formula is C9H10BrClFN. The third kappa shape index (κ3) is 2.41. The van der Waals surface area contributed by atoms with Crippen LogP contribution in [0.25, 0.3) is 0 Å². The lowest BCUT2D eigenvalue weighted by Gasteiger charge is -2.18. The SMILES string of the molecule is CC(C)(C)c1cc(Br)c(F)c(Cl)n1. The molecule has 13 heavy (non-hydrogen) atoms. The fourth-order valence-corrected chi connectivity index (χ4v) is 1.56. The van der Waals surface area contributed by atoms with Crippen LogP contribution < -0.4 is 0 Å². The summed E-state index contributed by atoms with van der Waals surface area (Å²) in [6.07, 6.45) is 0. The normalized spacial score (nSPS) is 11.8. The summed E-state index contributed by atoms with van der Waals surface area (Å²) in [5.74, 6) is -0.505. The van der Waals surface area contributed by atoms with Gasteiger partial charge in [-0.05, 0) is 22.0 Å². The molecule has 1 aromatic rings. The van der Waals surface area contributed by atoms with Gasteiger partial charge >= 0.3 is 0 Å². The molecule has 0 atom stereocenters. The number of nitrogens with zero attached hydrogens (tertiary/aromatic N) is 1. The van der Waals surface area contributed by atoms with Crippen molar-refractivity contribution in [3.63, 3.8) is 0 Å². The van der Waals surface area contributed by atoms with Crippen LogP contribution >= 0.6 is 27.5 Å². The molecule has 1 nitrogen and oxygen atoms in total. The minimum absolute atomic E-state index is 0.0840. The number of pyridine rings is 1.